The Kier molecular flexibility index (Phi) is 5.80. The molecule has 1 aromatic heterocycles. The summed E-state index contributed by atoms with van der Waals surface area (Å²) in [7, 11) is 0. The van der Waals surface area contributed by atoms with Crippen molar-refractivity contribution in [2.75, 3.05) is 26.3 Å². The van der Waals surface area contributed by atoms with Gasteiger partial charge in [-0.3, -0.25) is 9.59 Å². The van der Waals surface area contributed by atoms with E-state index in [2.05, 4.69) is 10.3 Å². The van der Waals surface area contributed by atoms with Crippen molar-refractivity contribution in [3.63, 3.8) is 0 Å². The van der Waals surface area contributed by atoms with E-state index in [0.29, 0.717) is 37.7 Å². The maximum absolute atomic E-state index is 12.5. The van der Waals surface area contributed by atoms with Crippen LogP contribution >= 0.6 is 0 Å². The average Bonchev–Trinajstić information content (AvgIpc) is 2.90. The number of rotatable bonds is 3. The summed E-state index contributed by atoms with van der Waals surface area (Å²) >= 11 is 0. The van der Waals surface area contributed by atoms with Crippen LogP contribution in [0.15, 0.2) is 18.2 Å². The lowest BCUT2D eigenvalue weighted by Crippen LogP contribution is -2.41. The van der Waals surface area contributed by atoms with Gasteiger partial charge in [0.05, 0.1) is 13.2 Å². The zero-order valence-corrected chi connectivity index (χ0v) is 14.0. The lowest BCUT2D eigenvalue weighted by molar-refractivity contribution is 0.0299. The number of nitrogens with one attached hydrogen (secondary N) is 1. The number of ether oxygens (including phenoxy) is 1. The van der Waals surface area contributed by atoms with E-state index in [1.54, 1.807) is 23.1 Å². The van der Waals surface area contributed by atoms with Gasteiger partial charge in [-0.25, -0.2) is 4.98 Å². The second-order valence-corrected chi connectivity index (χ2v) is 6.47. The van der Waals surface area contributed by atoms with Crippen molar-refractivity contribution in [1.29, 1.82) is 0 Å². The van der Waals surface area contributed by atoms with Crippen molar-refractivity contribution in [1.82, 2.24) is 15.2 Å². The maximum Gasteiger partial charge on any atom is 0.272 e. The van der Waals surface area contributed by atoms with Gasteiger partial charge in [-0.2, -0.15) is 0 Å². The van der Waals surface area contributed by atoms with E-state index in [4.69, 9.17) is 4.74 Å². The molecule has 2 fully saturated rings. The summed E-state index contributed by atoms with van der Waals surface area (Å²) in [6, 6.07) is 5.28. The topological polar surface area (TPSA) is 71.5 Å². The normalized spacial score (nSPS) is 19.6. The highest BCUT2D eigenvalue weighted by Gasteiger charge is 2.21. The van der Waals surface area contributed by atoms with Gasteiger partial charge in [-0.1, -0.05) is 31.7 Å². The first-order valence-corrected chi connectivity index (χ1v) is 8.89. The van der Waals surface area contributed by atoms with Gasteiger partial charge in [0.15, 0.2) is 0 Å². The van der Waals surface area contributed by atoms with Gasteiger partial charge in [-0.15, -0.1) is 0 Å². The summed E-state index contributed by atoms with van der Waals surface area (Å²) in [6.07, 6.45) is 6.86. The van der Waals surface area contributed by atoms with Crippen molar-refractivity contribution in [2.24, 2.45) is 0 Å². The monoisotopic (exact) mass is 331 g/mol. The summed E-state index contributed by atoms with van der Waals surface area (Å²) in [5.74, 6) is -0.319. The molecule has 0 radical (unpaired) electrons. The number of nitrogens with zero attached hydrogens (tertiary/aromatic N) is 2. The van der Waals surface area contributed by atoms with Crippen LogP contribution in [0.2, 0.25) is 0 Å². The smallest absolute Gasteiger partial charge is 0.272 e. The Hall–Kier alpha value is -1.95. The van der Waals surface area contributed by atoms with Gasteiger partial charge < -0.3 is 15.0 Å². The van der Waals surface area contributed by atoms with Gasteiger partial charge in [0.25, 0.3) is 11.8 Å². The molecule has 0 unspecified atom stereocenters. The molecule has 24 heavy (non-hydrogen) atoms. The number of pyridine rings is 1. The molecule has 1 aliphatic carbocycles. The summed E-state index contributed by atoms with van der Waals surface area (Å²) in [5, 5.41) is 3.07. The Balaban J connectivity index is 1.65. The molecule has 6 heteroatoms. The van der Waals surface area contributed by atoms with Crippen LogP contribution in [-0.2, 0) is 4.74 Å². The third-order valence-electron chi connectivity index (χ3n) is 4.69. The summed E-state index contributed by atoms with van der Waals surface area (Å²) in [4.78, 5) is 31.0. The number of aromatic nitrogens is 1. The number of carbonyl (C=O) groups is 2. The van der Waals surface area contributed by atoms with Crippen molar-refractivity contribution >= 4 is 11.8 Å². The van der Waals surface area contributed by atoms with Crippen LogP contribution in [0.5, 0.6) is 0 Å². The summed E-state index contributed by atoms with van der Waals surface area (Å²) < 4.78 is 5.26. The number of carbonyl (C=O) groups excluding carboxylic acids is 2. The summed E-state index contributed by atoms with van der Waals surface area (Å²) in [5.41, 5.74) is 0.642. The van der Waals surface area contributed by atoms with E-state index >= 15 is 0 Å². The number of hydrogen-bond donors (Lipinski definition) is 1. The highest BCUT2D eigenvalue weighted by atomic mass is 16.5. The number of morpholine rings is 1. The van der Waals surface area contributed by atoms with E-state index in [1.165, 1.54) is 12.8 Å². The van der Waals surface area contributed by atoms with Gasteiger partial charge in [-0.05, 0) is 25.0 Å². The first kappa shape index (κ1) is 16.9. The van der Waals surface area contributed by atoms with Gasteiger partial charge in [0.1, 0.15) is 11.4 Å². The molecule has 1 saturated carbocycles. The van der Waals surface area contributed by atoms with Crippen LogP contribution in [0.3, 0.4) is 0 Å². The molecule has 2 heterocycles. The van der Waals surface area contributed by atoms with Crippen LogP contribution in [0.4, 0.5) is 0 Å². The Morgan fingerprint density at radius 3 is 2.42 bits per heavy atom. The number of hydrogen-bond acceptors (Lipinski definition) is 4. The fraction of sp³-hybridized carbons (Fsp3) is 0.611. The predicted molar refractivity (Wildman–Crippen MR) is 89.9 cm³/mol. The molecule has 0 bridgehead atoms. The summed E-state index contributed by atoms with van der Waals surface area (Å²) in [6.45, 7) is 2.24. The Labute approximate surface area is 142 Å². The fourth-order valence-electron chi connectivity index (χ4n) is 3.29. The Morgan fingerprint density at radius 1 is 1.04 bits per heavy atom. The van der Waals surface area contributed by atoms with Crippen LogP contribution in [0, 0.1) is 0 Å². The second kappa shape index (κ2) is 8.24. The molecule has 6 nitrogen and oxygen atoms in total. The molecule has 1 saturated heterocycles. The number of amides is 2. The first-order valence-electron chi connectivity index (χ1n) is 8.89. The largest absolute Gasteiger partial charge is 0.378 e. The minimum absolute atomic E-state index is 0.137. The molecule has 130 valence electrons. The van der Waals surface area contributed by atoms with E-state index in [1.807, 2.05) is 0 Å². The van der Waals surface area contributed by atoms with Crippen molar-refractivity contribution in [3.8, 4) is 0 Å². The van der Waals surface area contributed by atoms with Crippen LogP contribution in [-0.4, -0.2) is 54.0 Å². The minimum Gasteiger partial charge on any atom is -0.378 e. The molecule has 0 aromatic carbocycles. The Morgan fingerprint density at radius 2 is 1.71 bits per heavy atom. The molecular weight excluding hydrogens is 306 g/mol. The lowest BCUT2D eigenvalue weighted by atomic mass is 10.1. The first-order chi connectivity index (χ1) is 11.7. The molecule has 1 N–H and O–H groups in total. The zero-order chi connectivity index (χ0) is 16.8. The van der Waals surface area contributed by atoms with Crippen molar-refractivity contribution in [2.45, 2.75) is 44.6 Å². The molecule has 1 aromatic rings. The van der Waals surface area contributed by atoms with E-state index in [9.17, 15) is 9.59 Å². The standard InChI is InChI=1S/C18H25N3O3/c22-17(19-14-6-3-1-2-4-7-14)15-8-5-9-16(20-15)18(23)21-10-12-24-13-11-21/h5,8-9,14H,1-4,6-7,10-13H2,(H,19,22). The third kappa shape index (κ3) is 4.32. The second-order valence-electron chi connectivity index (χ2n) is 6.47. The minimum atomic E-state index is -0.182. The van der Waals surface area contributed by atoms with Crippen LogP contribution in [0.1, 0.15) is 59.5 Å². The highest BCUT2D eigenvalue weighted by Crippen LogP contribution is 2.17. The van der Waals surface area contributed by atoms with Crippen molar-refractivity contribution in [3.05, 3.63) is 29.6 Å². The molecular formula is C18H25N3O3. The molecule has 3 rings (SSSR count). The molecule has 0 atom stereocenters. The maximum atomic E-state index is 12.5. The fourth-order valence-corrected chi connectivity index (χ4v) is 3.29. The molecule has 1 aliphatic heterocycles. The van der Waals surface area contributed by atoms with Crippen molar-refractivity contribution < 1.29 is 14.3 Å². The molecule has 2 aliphatic rings. The van der Waals surface area contributed by atoms with Gasteiger partial charge in [0, 0.05) is 19.1 Å². The quantitative estimate of drug-likeness (QED) is 0.860. The predicted octanol–water partition coefficient (Wildman–Crippen LogP) is 2.01. The van der Waals surface area contributed by atoms with E-state index < -0.39 is 0 Å². The van der Waals surface area contributed by atoms with Crippen LogP contribution in [0.25, 0.3) is 0 Å². The lowest BCUT2D eigenvalue weighted by Gasteiger charge is -2.26. The third-order valence-corrected chi connectivity index (χ3v) is 4.69. The highest BCUT2D eigenvalue weighted by molar-refractivity contribution is 5.96. The van der Waals surface area contributed by atoms with Crippen LogP contribution < -0.4 is 5.32 Å². The average molecular weight is 331 g/mol. The van der Waals surface area contributed by atoms with Gasteiger partial charge in [0.2, 0.25) is 0 Å². The molecule has 2 amide bonds. The van der Waals surface area contributed by atoms with Gasteiger partial charge >= 0.3 is 0 Å². The molecule has 0 spiro atoms. The zero-order valence-electron chi connectivity index (χ0n) is 14.0. The van der Waals surface area contributed by atoms with E-state index in [0.717, 1.165) is 25.7 Å². The van der Waals surface area contributed by atoms with E-state index in [-0.39, 0.29) is 17.9 Å². The SMILES string of the molecule is O=C(NC1CCCCCC1)c1cccc(C(=O)N2CCOCC2)n1. The Bertz CT molecular complexity index is 577.